The van der Waals surface area contributed by atoms with Gasteiger partial charge in [-0.25, -0.2) is 0 Å². The van der Waals surface area contributed by atoms with E-state index in [0.717, 1.165) is 11.3 Å². The summed E-state index contributed by atoms with van der Waals surface area (Å²) in [5.41, 5.74) is 2.14. The molecule has 0 radical (unpaired) electrons. The van der Waals surface area contributed by atoms with Crippen LogP contribution in [0.2, 0.25) is 0 Å². The maximum Gasteiger partial charge on any atom is 0.0932 e. The third-order valence-electron chi connectivity index (χ3n) is 3.80. The van der Waals surface area contributed by atoms with E-state index in [-0.39, 0.29) is 5.54 Å². The van der Waals surface area contributed by atoms with Gasteiger partial charge < -0.3 is 10.4 Å². The fourth-order valence-corrected chi connectivity index (χ4v) is 2.76. The van der Waals surface area contributed by atoms with Crippen molar-refractivity contribution >= 4 is 0 Å². The first-order valence-corrected chi connectivity index (χ1v) is 7.35. The van der Waals surface area contributed by atoms with Crippen LogP contribution in [0.25, 0.3) is 0 Å². The van der Waals surface area contributed by atoms with Crippen molar-refractivity contribution in [1.29, 1.82) is 0 Å². The summed E-state index contributed by atoms with van der Waals surface area (Å²) < 4.78 is 0. The zero-order chi connectivity index (χ0) is 13.9. The molecule has 1 aromatic rings. The number of hydrogen-bond acceptors (Lipinski definition) is 3. The van der Waals surface area contributed by atoms with Gasteiger partial charge in [0.25, 0.3) is 0 Å². The third kappa shape index (κ3) is 4.02. The molecular formula is C16H26N2O. The minimum absolute atomic E-state index is 0.0245. The monoisotopic (exact) mass is 262 g/mol. The lowest BCUT2D eigenvalue weighted by molar-refractivity contribution is 0.161. The van der Waals surface area contributed by atoms with E-state index in [0.29, 0.717) is 12.5 Å². The molecule has 2 rings (SSSR count). The van der Waals surface area contributed by atoms with Crippen molar-refractivity contribution < 1.29 is 5.11 Å². The quantitative estimate of drug-likeness (QED) is 0.876. The van der Waals surface area contributed by atoms with Crippen LogP contribution in [0.15, 0.2) is 18.3 Å². The number of aliphatic hydroxyl groups excluding tert-OH is 1. The number of β-amino-alcohol motifs (C(OH)–C–C–N with tert-alkyl or cyclic N) is 1. The molecule has 1 heterocycles. The number of nitrogens with one attached hydrogen (secondary N) is 1. The fourth-order valence-electron chi connectivity index (χ4n) is 2.76. The second-order valence-electron chi connectivity index (χ2n) is 6.61. The van der Waals surface area contributed by atoms with Gasteiger partial charge in [0.1, 0.15) is 0 Å². The molecule has 1 fully saturated rings. The molecule has 106 valence electrons. The van der Waals surface area contributed by atoms with E-state index in [9.17, 15) is 5.11 Å². The molecule has 1 aliphatic carbocycles. The van der Waals surface area contributed by atoms with E-state index in [1.54, 1.807) is 0 Å². The van der Waals surface area contributed by atoms with Crippen molar-refractivity contribution in [2.75, 3.05) is 6.54 Å². The maximum absolute atomic E-state index is 10.4. The topological polar surface area (TPSA) is 45.1 Å². The van der Waals surface area contributed by atoms with Gasteiger partial charge in [0, 0.05) is 35.5 Å². The van der Waals surface area contributed by atoms with Crippen LogP contribution >= 0.6 is 0 Å². The Morgan fingerprint density at radius 1 is 1.37 bits per heavy atom. The molecule has 3 nitrogen and oxygen atoms in total. The second kappa shape index (κ2) is 6.02. The first kappa shape index (κ1) is 14.5. The minimum Gasteiger partial charge on any atom is -0.387 e. The van der Waals surface area contributed by atoms with Crippen molar-refractivity contribution in [3.05, 3.63) is 29.6 Å². The average Bonchev–Trinajstić information content (AvgIpc) is 2.89. The SMILES string of the molecule is CC(C)(C)NC[C@H](O)c1cccnc1C1CCCC1. The maximum atomic E-state index is 10.4. The van der Waals surface area contributed by atoms with Gasteiger partial charge in [0.05, 0.1) is 6.10 Å². The molecule has 3 heteroatoms. The zero-order valence-corrected chi connectivity index (χ0v) is 12.3. The summed E-state index contributed by atoms with van der Waals surface area (Å²) >= 11 is 0. The summed E-state index contributed by atoms with van der Waals surface area (Å²) in [6.07, 6.45) is 6.38. The molecule has 0 spiro atoms. The predicted octanol–water partition coefficient (Wildman–Crippen LogP) is 3.16. The van der Waals surface area contributed by atoms with Crippen LogP contribution in [0.5, 0.6) is 0 Å². The van der Waals surface area contributed by atoms with E-state index in [2.05, 4.69) is 31.1 Å². The number of hydrogen-bond donors (Lipinski definition) is 2. The molecule has 1 aromatic heterocycles. The van der Waals surface area contributed by atoms with Gasteiger partial charge in [-0.05, 0) is 39.7 Å². The Kier molecular flexibility index (Phi) is 4.58. The van der Waals surface area contributed by atoms with Crippen molar-refractivity contribution in [2.45, 2.75) is 64.0 Å². The molecule has 19 heavy (non-hydrogen) atoms. The lowest BCUT2D eigenvalue weighted by Gasteiger charge is -2.24. The first-order chi connectivity index (χ1) is 8.97. The minimum atomic E-state index is -0.469. The van der Waals surface area contributed by atoms with Crippen molar-refractivity contribution in [2.24, 2.45) is 0 Å². The Morgan fingerprint density at radius 2 is 2.05 bits per heavy atom. The molecule has 1 atom stereocenters. The largest absolute Gasteiger partial charge is 0.387 e. The van der Waals surface area contributed by atoms with Gasteiger partial charge in [-0.15, -0.1) is 0 Å². The lowest BCUT2D eigenvalue weighted by atomic mass is 9.95. The predicted molar refractivity (Wildman–Crippen MR) is 78.2 cm³/mol. The van der Waals surface area contributed by atoms with Gasteiger partial charge in [-0.2, -0.15) is 0 Å². The molecule has 2 N–H and O–H groups in total. The van der Waals surface area contributed by atoms with Gasteiger partial charge in [0.15, 0.2) is 0 Å². The van der Waals surface area contributed by atoms with Gasteiger partial charge >= 0.3 is 0 Å². The highest BCUT2D eigenvalue weighted by molar-refractivity contribution is 5.26. The van der Waals surface area contributed by atoms with Gasteiger partial charge in [0.2, 0.25) is 0 Å². The molecule has 0 aromatic carbocycles. The van der Waals surface area contributed by atoms with Gasteiger partial charge in [-0.3, -0.25) is 4.98 Å². The van der Waals surface area contributed by atoms with E-state index < -0.39 is 6.10 Å². The van der Waals surface area contributed by atoms with E-state index in [4.69, 9.17) is 0 Å². The molecule has 0 bridgehead atoms. The summed E-state index contributed by atoms with van der Waals surface area (Å²) in [6.45, 7) is 6.91. The van der Waals surface area contributed by atoms with Crippen LogP contribution in [0.3, 0.4) is 0 Å². The lowest BCUT2D eigenvalue weighted by Crippen LogP contribution is -2.38. The highest BCUT2D eigenvalue weighted by Gasteiger charge is 2.24. The molecule has 0 aliphatic heterocycles. The Hall–Kier alpha value is -0.930. The standard InChI is InChI=1S/C16H26N2O/c1-16(2,3)18-11-14(19)13-9-6-10-17-15(13)12-7-4-5-8-12/h6,9-10,12,14,18-19H,4-5,7-8,11H2,1-3H3/t14-/m0/s1. The molecular weight excluding hydrogens is 236 g/mol. The Morgan fingerprint density at radius 3 is 2.68 bits per heavy atom. The zero-order valence-electron chi connectivity index (χ0n) is 12.3. The Labute approximate surface area is 116 Å². The summed E-state index contributed by atoms with van der Waals surface area (Å²) in [5.74, 6) is 0.542. The molecule has 1 saturated carbocycles. The third-order valence-corrected chi connectivity index (χ3v) is 3.80. The van der Waals surface area contributed by atoms with E-state index >= 15 is 0 Å². The van der Waals surface area contributed by atoms with Crippen LogP contribution in [0.1, 0.15) is 69.7 Å². The number of nitrogens with zero attached hydrogens (tertiary/aromatic N) is 1. The molecule has 1 aliphatic rings. The number of aliphatic hydroxyl groups is 1. The molecule has 0 amide bonds. The molecule has 0 saturated heterocycles. The van der Waals surface area contributed by atoms with E-state index in [1.165, 1.54) is 25.7 Å². The average molecular weight is 262 g/mol. The number of rotatable bonds is 4. The highest BCUT2D eigenvalue weighted by Crippen LogP contribution is 2.36. The number of aromatic nitrogens is 1. The van der Waals surface area contributed by atoms with Crippen LogP contribution in [-0.2, 0) is 0 Å². The smallest absolute Gasteiger partial charge is 0.0932 e. The summed E-state index contributed by atoms with van der Waals surface area (Å²) in [4.78, 5) is 4.54. The van der Waals surface area contributed by atoms with Crippen LogP contribution in [0, 0.1) is 0 Å². The van der Waals surface area contributed by atoms with Crippen molar-refractivity contribution in [3.63, 3.8) is 0 Å². The second-order valence-corrected chi connectivity index (χ2v) is 6.61. The number of pyridine rings is 1. The summed E-state index contributed by atoms with van der Waals surface area (Å²) in [6, 6.07) is 3.95. The van der Waals surface area contributed by atoms with Crippen LogP contribution in [0.4, 0.5) is 0 Å². The van der Waals surface area contributed by atoms with Crippen LogP contribution < -0.4 is 5.32 Å². The van der Waals surface area contributed by atoms with Crippen LogP contribution in [-0.4, -0.2) is 22.2 Å². The van der Waals surface area contributed by atoms with E-state index in [1.807, 2.05) is 18.3 Å². The van der Waals surface area contributed by atoms with Gasteiger partial charge in [-0.1, -0.05) is 18.9 Å². The first-order valence-electron chi connectivity index (χ1n) is 7.35. The molecule has 0 unspecified atom stereocenters. The van der Waals surface area contributed by atoms with Crippen molar-refractivity contribution in [1.82, 2.24) is 10.3 Å². The highest BCUT2D eigenvalue weighted by atomic mass is 16.3. The summed E-state index contributed by atoms with van der Waals surface area (Å²) in [5, 5.41) is 13.8. The Balaban J connectivity index is 2.10. The Bertz CT molecular complexity index is 405. The normalized spacial score (nSPS) is 18.7. The van der Waals surface area contributed by atoms with Crippen molar-refractivity contribution in [3.8, 4) is 0 Å². The summed E-state index contributed by atoms with van der Waals surface area (Å²) in [7, 11) is 0. The fraction of sp³-hybridized carbons (Fsp3) is 0.688.